The van der Waals surface area contributed by atoms with Gasteiger partial charge in [0.25, 0.3) is 0 Å². The molecular weight excluding hydrogens is 387 g/mol. The molecule has 1 aromatic carbocycles. The first-order valence-corrected chi connectivity index (χ1v) is 9.09. The lowest BCUT2D eigenvalue weighted by Crippen LogP contribution is -2.22. The van der Waals surface area contributed by atoms with E-state index in [2.05, 4.69) is 19.9 Å². The van der Waals surface area contributed by atoms with Crippen LogP contribution < -0.4 is 4.74 Å². The number of likely N-dealkylation sites (N-methyl/N-ethyl adjacent to an activating group) is 1. The molecule has 4 rings (SSSR count). The van der Waals surface area contributed by atoms with E-state index in [1.807, 2.05) is 7.05 Å². The lowest BCUT2D eigenvalue weighted by molar-refractivity contribution is -0.137. The van der Waals surface area contributed by atoms with E-state index < -0.39 is 17.5 Å². The van der Waals surface area contributed by atoms with Crippen LogP contribution in [0.25, 0.3) is 22.6 Å². The number of halogens is 3. The number of nitrogens with zero attached hydrogens (tertiary/aromatic N) is 5. The van der Waals surface area contributed by atoms with Gasteiger partial charge in [-0.3, -0.25) is 0 Å². The Morgan fingerprint density at radius 2 is 1.97 bits per heavy atom. The molecule has 1 aliphatic heterocycles. The summed E-state index contributed by atoms with van der Waals surface area (Å²) in [5.74, 6) is -0.190. The molecule has 1 fully saturated rings. The van der Waals surface area contributed by atoms with Crippen LogP contribution in [0.5, 0.6) is 11.8 Å². The number of aryl methyl sites for hydroxylation is 2. The number of aromatic nitrogens is 4. The molecule has 0 bridgehead atoms. The fourth-order valence-corrected chi connectivity index (χ4v) is 3.60. The van der Waals surface area contributed by atoms with Gasteiger partial charge in [0.05, 0.1) is 17.3 Å². The van der Waals surface area contributed by atoms with Gasteiger partial charge in [0, 0.05) is 20.1 Å². The molecule has 2 aromatic heterocycles. The highest BCUT2D eigenvalue weighted by Gasteiger charge is 2.32. The third-order valence-corrected chi connectivity index (χ3v) is 5.10. The standard InChI is InChI=1S/C19H20F3N5O2/c1-10-6-11(19(20,21)22)7-14(28)15(10)17-24-16-13(27(17)3)8-23-18(25-16)29-12-4-5-26(2)9-12/h6-8,12,28H,4-5,9H2,1-3H3. The van der Waals surface area contributed by atoms with Crippen LogP contribution in [0, 0.1) is 6.92 Å². The third kappa shape index (κ3) is 3.59. The topological polar surface area (TPSA) is 76.3 Å². The Balaban J connectivity index is 1.72. The van der Waals surface area contributed by atoms with Crippen molar-refractivity contribution in [1.82, 2.24) is 24.4 Å². The van der Waals surface area contributed by atoms with Crippen LogP contribution in [-0.2, 0) is 13.2 Å². The first-order chi connectivity index (χ1) is 13.6. The summed E-state index contributed by atoms with van der Waals surface area (Å²) in [6.07, 6.45) is -2.10. The number of hydrogen-bond donors (Lipinski definition) is 1. The summed E-state index contributed by atoms with van der Waals surface area (Å²) in [7, 11) is 3.70. The highest BCUT2D eigenvalue weighted by Crippen LogP contribution is 2.39. The molecule has 1 N–H and O–H groups in total. The highest BCUT2D eigenvalue weighted by molar-refractivity contribution is 5.80. The summed E-state index contributed by atoms with van der Waals surface area (Å²) >= 11 is 0. The minimum absolute atomic E-state index is 0.00170. The second-order valence-electron chi connectivity index (χ2n) is 7.33. The SMILES string of the molecule is Cc1cc(C(F)(F)F)cc(O)c1-c1nc2nc(OC3CCN(C)C3)ncc2n1C. The molecule has 1 saturated heterocycles. The number of hydrogen-bond acceptors (Lipinski definition) is 6. The van der Waals surface area contributed by atoms with Crippen LogP contribution in [0.15, 0.2) is 18.3 Å². The summed E-state index contributed by atoms with van der Waals surface area (Å²) in [4.78, 5) is 15.1. The minimum atomic E-state index is -4.54. The molecule has 10 heteroatoms. The van der Waals surface area contributed by atoms with Crippen molar-refractivity contribution in [2.45, 2.75) is 25.6 Å². The number of fused-ring (bicyclic) bond motifs is 1. The zero-order valence-corrected chi connectivity index (χ0v) is 16.2. The maximum atomic E-state index is 13.0. The van der Waals surface area contributed by atoms with Crippen molar-refractivity contribution >= 4 is 11.2 Å². The fourth-order valence-electron chi connectivity index (χ4n) is 3.60. The van der Waals surface area contributed by atoms with E-state index in [1.165, 1.54) is 6.92 Å². The second kappa shape index (κ2) is 6.87. The molecule has 1 aliphatic rings. The number of alkyl halides is 3. The number of aromatic hydroxyl groups is 1. The number of phenols is 1. The molecule has 1 atom stereocenters. The minimum Gasteiger partial charge on any atom is -0.507 e. The lowest BCUT2D eigenvalue weighted by atomic mass is 10.0. The van der Waals surface area contributed by atoms with Crippen molar-refractivity contribution in [3.8, 4) is 23.1 Å². The molecule has 7 nitrogen and oxygen atoms in total. The van der Waals surface area contributed by atoms with Gasteiger partial charge in [0.2, 0.25) is 0 Å². The first kappa shape index (κ1) is 19.4. The van der Waals surface area contributed by atoms with Crippen LogP contribution in [0.3, 0.4) is 0 Å². The van der Waals surface area contributed by atoms with Gasteiger partial charge < -0.3 is 19.3 Å². The average Bonchev–Trinajstić information content (AvgIpc) is 3.17. The van der Waals surface area contributed by atoms with Gasteiger partial charge in [-0.05, 0) is 38.1 Å². The number of ether oxygens (including phenoxy) is 1. The van der Waals surface area contributed by atoms with Crippen molar-refractivity contribution < 1.29 is 23.0 Å². The number of imidazole rings is 1. The maximum Gasteiger partial charge on any atom is 0.416 e. The zero-order chi connectivity index (χ0) is 20.9. The van der Waals surface area contributed by atoms with Gasteiger partial charge >= 0.3 is 12.2 Å². The summed E-state index contributed by atoms with van der Waals surface area (Å²) in [6.45, 7) is 3.22. The van der Waals surface area contributed by atoms with E-state index in [-0.39, 0.29) is 23.2 Å². The molecule has 1 unspecified atom stereocenters. The largest absolute Gasteiger partial charge is 0.507 e. The molecule has 0 aliphatic carbocycles. The van der Waals surface area contributed by atoms with Crippen molar-refractivity contribution in [2.75, 3.05) is 20.1 Å². The molecule has 29 heavy (non-hydrogen) atoms. The Kier molecular flexibility index (Phi) is 4.60. The predicted molar refractivity (Wildman–Crippen MR) is 99.7 cm³/mol. The summed E-state index contributed by atoms with van der Waals surface area (Å²) in [6, 6.07) is 1.90. The van der Waals surface area contributed by atoms with Crippen LogP contribution in [0.2, 0.25) is 0 Å². The Hall–Kier alpha value is -2.88. The fraction of sp³-hybridized carbons (Fsp3) is 0.421. The van der Waals surface area contributed by atoms with Gasteiger partial charge in [0.1, 0.15) is 23.2 Å². The van der Waals surface area contributed by atoms with Gasteiger partial charge in [-0.15, -0.1) is 0 Å². The number of rotatable bonds is 3. The van der Waals surface area contributed by atoms with Gasteiger partial charge in [-0.2, -0.15) is 18.2 Å². The quantitative estimate of drug-likeness (QED) is 0.719. The molecule has 0 amide bonds. The van der Waals surface area contributed by atoms with Crippen molar-refractivity contribution in [3.63, 3.8) is 0 Å². The number of phenolic OH excluding ortho intramolecular Hbond substituents is 1. The molecule has 154 valence electrons. The maximum absolute atomic E-state index is 13.0. The van der Waals surface area contributed by atoms with Crippen LogP contribution in [-0.4, -0.2) is 55.8 Å². The van der Waals surface area contributed by atoms with Gasteiger partial charge in [-0.25, -0.2) is 9.97 Å². The Labute approximate surface area is 164 Å². The first-order valence-electron chi connectivity index (χ1n) is 9.09. The Bertz CT molecular complexity index is 1060. The van der Waals surface area contributed by atoms with Crippen LogP contribution >= 0.6 is 0 Å². The Morgan fingerprint density at radius 1 is 1.21 bits per heavy atom. The van der Waals surface area contributed by atoms with E-state index in [0.717, 1.165) is 25.6 Å². The Morgan fingerprint density at radius 3 is 2.59 bits per heavy atom. The van der Waals surface area contributed by atoms with E-state index in [4.69, 9.17) is 4.74 Å². The van der Waals surface area contributed by atoms with E-state index >= 15 is 0 Å². The molecule has 3 heterocycles. The molecular formula is C19H20F3N5O2. The van der Waals surface area contributed by atoms with Crippen LogP contribution in [0.1, 0.15) is 17.5 Å². The lowest BCUT2D eigenvalue weighted by Gasteiger charge is -2.13. The summed E-state index contributed by atoms with van der Waals surface area (Å²) < 4.78 is 46.5. The molecule has 0 radical (unpaired) electrons. The number of benzene rings is 1. The molecule has 0 saturated carbocycles. The summed E-state index contributed by atoms with van der Waals surface area (Å²) in [5.41, 5.74) is 0.492. The molecule has 3 aromatic rings. The average molecular weight is 407 g/mol. The number of likely N-dealkylation sites (tertiary alicyclic amines) is 1. The molecule has 0 spiro atoms. The monoisotopic (exact) mass is 407 g/mol. The van der Waals surface area contributed by atoms with E-state index in [0.29, 0.717) is 23.1 Å². The van der Waals surface area contributed by atoms with Gasteiger partial charge in [-0.1, -0.05) is 0 Å². The van der Waals surface area contributed by atoms with Crippen molar-refractivity contribution in [2.24, 2.45) is 7.05 Å². The second-order valence-corrected chi connectivity index (χ2v) is 7.33. The van der Waals surface area contributed by atoms with Crippen LogP contribution in [0.4, 0.5) is 13.2 Å². The summed E-state index contributed by atoms with van der Waals surface area (Å²) in [5, 5.41) is 10.3. The predicted octanol–water partition coefficient (Wildman–Crippen LogP) is 3.15. The third-order valence-electron chi connectivity index (χ3n) is 5.10. The van der Waals surface area contributed by atoms with E-state index in [9.17, 15) is 18.3 Å². The van der Waals surface area contributed by atoms with Crippen molar-refractivity contribution in [3.05, 3.63) is 29.5 Å². The van der Waals surface area contributed by atoms with E-state index in [1.54, 1.807) is 17.8 Å². The van der Waals surface area contributed by atoms with Gasteiger partial charge in [0.15, 0.2) is 5.65 Å². The zero-order valence-electron chi connectivity index (χ0n) is 16.2. The van der Waals surface area contributed by atoms with Crippen molar-refractivity contribution in [1.29, 1.82) is 0 Å². The highest BCUT2D eigenvalue weighted by atomic mass is 19.4. The normalized spacial score (nSPS) is 17.9. The smallest absolute Gasteiger partial charge is 0.416 e.